The highest BCUT2D eigenvalue weighted by molar-refractivity contribution is 7.80. The second-order valence-corrected chi connectivity index (χ2v) is 9.62. The highest BCUT2D eigenvalue weighted by Crippen LogP contribution is 2.30. The molecule has 0 atom stereocenters. The molecular formula is C26H26N8O2S. The van der Waals surface area contributed by atoms with Crippen LogP contribution in [0.5, 0.6) is 11.5 Å². The van der Waals surface area contributed by atoms with Crippen LogP contribution in [0.3, 0.4) is 0 Å². The molecule has 0 amide bonds. The number of thiocarbonyl (C=S) groups is 1. The fourth-order valence-corrected chi connectivity index (χ4v) is 4.10. The van der Waals surface area contributed by atoms with Gasteiger partial charge in [-0.15, -0.1) is 0 Å². The van der Waals surface area contributed by atoms with Crippen LogP contribution in [0.4, 0.5) is 17.2 Å². The molecule has 0 bridgehead atoms. The van der Waals surface area contributed by atoms with Crippen molar-refractivity contribution >= 4 is 51.1 Å². The zero-order valence-corrected chi connectivity index (χ0v) is 21.4. The number of benzene rings is 2. The minimum atomic E-state index is -0.534. The number of nitrogens with one attached hydrogen (secondary N) is 3. The lowest BCUT2D eigenvalue weighted by atomic mass is 10.1. The Morgan fingerprint density at radius 3 is 2.68 bits per heavy atom. The average Bonchev–Trinajstić information content (AvgIpc) is 3.34. The van der Waals surface area contributed by atoms with Gasteiger partial charge in [0.15, 0.2) is 10.8 Å². The maximum Gasteiger partial charge on any atom is 0.171 e. The van der Waals surface area contributed by atoms with Crippen molar-refractivity contribution in [3.63, 3.8) is 0 Å². The first kappa shape index (κ1) is 24.3. The standard InChI is InChI=1S/C26H26N8O2S/c1-16-10-17(5-7-22(16)36-19-8-9-34-23(12-19)28-15-30-34)31-24-20-11-18(4-6-21(20)27-14-29-24)32-25(37)33-26(2,3)13-35/h4-12,14-15,35H,13H2,1-3H3,(H,27,29,31)(H2,32,33,37). The topological polar surface area (TPSA) is 122 Å². The third kappa shape index (κ3) is 5.57. The normalized spacial score (nSPS) is 11.5. The molecule has 5 aromatic rings. The number of hydrogen-bond acceptors (Lipinski definition) is 8. The summed E-state index contributed by atoms with van der Waals surface area (Å²) < 4.78 is 7.76. The van der Waals surface area contributed by atoms with Crippen molar-refractivity contribution in [2.24, 2.45) is 0 Å². The summed E-state index contributed by atoms with van der Waals surface area (Å²) in [4.78, 5) is 13.0. The predicted molar refractivity (Wildman–Crippen MR) is 148 cm³/mol. The van der Waals surface area contributed by atoms with Crippen molar-refractivity contribution in [1.82, 2.24) is 29.9 Å². The van der Waals surface area contributed by atoms with Crippen LogP contribution in [0.2, 0.25) is 0 Å². The van der Waals surface area contributed by atoms with E-state index >= 15 is 0 Å². The third-order valence-electron chi connectivity index (χ3n) is 5.66. The second-order valence-electron chi connectivity index (χ2n) is 9.21. The summed E-state index contributed by atoms with van der Waals surface area (Å²) in [6.45, 7) is 5.67. The Bertz CT molecular complexity index is 1600. The predicted octanol–water partition coefficient (Wildman–Crippen LogP) is 4.57. The van der Waals surface area contributed by atoms with Gasteiger partial charge in [0.2, 0.25) is 0 Å². The highest BCUT2D eigenvalue weighted by atomic mass is 32.1. The van der Waals surface area contributed by atoms with Gasteiger partial charge in [-0.1, -0.05) is 0 Å². The fourth-order valence-electron chi connectivity index (χ4n) is 3.71. The number of hydrogen-bond donors (Lipinski definition) is 4. The molecule has 5 rings (SSSR count). The number of aryl methyl sites for hydroxylation is 1. The van der Waals surface area contributed by atoms with Gasteiger partial charge >= 0.3 is 0 Å². The first-order valence-corrected chi connectivity index (χ1v) is 12.0. The smallest absolute Gasteiger partial charge is 0.171 e. The molecule has 11 heteroatoms. The Hall–Kier alpha value is -4.35. The van der Waals surface area contributed by atoms with E-state index in [9.17, 15) is 5.11 Å². The summed E-state index contributed by atoms with van der Waals surface area (Å²) in [5.74, 6) is 2.08. The Kier molecular flexibility index (Phi) is 6.55. The molecule has 4 N–H and O–H groups in total. The lowest BCUT2D eigenvalue weighted by Crippen LogP contribution is -2.47. The number of aliphatic hydroxyl groups is 1. The number of nitrogens with zero attached hydrogens (tertiary/aromatic N) is 5. The quantitative estimate of drug-likeness (QED) is 0.230. The van der Waals surface area contributed by atoms with E-state index in [0.29, 0.717) is 22.3 Å². The largest absolute Gasteiger partial charge is 0.457 e. The van der Waals surface area contributed by atoms with E-state index in [1.54, 1.807) is 4.52 Å². The van der Waals surface area contributed by atoms with E-state index in [2.05, 4.69) is 36.0 Å². The number of aromatic nitrogens is 5. The first-order chi connectivity index (χ1) is 17.8. The molecule has 3 heterocycles. The number of pyridine rings is 1. The fraction of sp³-hybridized carbons (Fsp3) is 0.192. The van der Waals surface area contributed by atoms with Crippen LogP contribution >= 0.6 is 12.2 Å². The van der Waals surface area contributed by atoms with Crippen LogP contribution in [0.15, 0.2) is 67.4 Å². The Balaban J connectivity index is 1.34. The monoisotopic (exact) mass is 514 g/mol. The van der Waals surface area contributed by atoms with Gasteiger partial charge in [-0.2, -0.15) is 5.10 Å². The minimum Gasteiger partial charge on any atom is -0.457 e. The number of rotatable bonds is 7. The molecule has 0 saturated heterocycles. The summed E-state index contributed by atoms with van der Waals surface area (Å²) in [5, 5.41) is 24.5. The highest BCUT2D eigenvalue weighted by Gasteiger charge is 2.17. The summed E-state index contributed by atoms with van der Waals surface area (Å²) in [6.07, 6.45) is 4.84. The average molecular weight is 515 g/mol. The van der Waals surface area contributed by atoms with E-state index in [-0.39, 0.29) is 6.61 Å². The molecular weight excluding hydrogens is 488 g/mol. The molecule has 0 radical (unpaired) electrons. The van der Waals surface area contributed by atoms with Crippen molar-refractivity contribution in [3.8, 4) is 11.5 Å². The van der Waals surface area contributed by atoms with E-state index in [1.807, 2.05) is 75.5 Å². The molecule has 0 aliphatic carbocycles. The summed E-state index contributed by atoms with van der Waals surface area (Å²) in [5.41, 5.74) is 3.56. The van der Waals surface area contributed by atoms with E-state index in [4.69, 9.17) is 17.0 Å². The van der Waals surface area contributed by atoms with Crippen molar-refractivity contribution < 1.29 is 9.84 Å². The van der Waals surface area contributed by atoms with Gasteiger partial charge in [0.1, 0.15) is 30.0 Å². The summed E-state index contributed by atoms with van der Waals surface area (Å²) >= 11 is 5.40. The molecule has 188 valence electrons. The molecule has 0 unspecified atom stereocenters. The Morgan fingerprint density at radius 1 is 1.03 bits per heavy atom. The minimum absolute atomic E-state index is 0.0468. The zero-order valence-electron chi connectivity index (χ0n) is 20.6. The molecule has 3 aromatic heterocycles. The van der Waals surface area contributed by atoms with Crippen LogP contribution in [0, 0.1) is 6.92 Å². The number of aliphatic hydroxyl groups excluding tert-OH is 1. The Morgan fingerprint density at radius 2 is 1.86 bits per heavy atom. The number of fused-ring (bicyclic) bond motifs is 2. The van der Waals surface area contributed by atoms with Crippen molar-refractivity contribution in [2.75, 3.05) is 17.2 Å². The summed E-state index contributed by atoms with van der Waals surface area (Å²) in [7, 11) is 0. The molecule has 0 saturated carbocycles. The van der Waals surface area contributed by atoms with Gasteiger partial charge in [0.05, 0.1) is 17.7 Å². The van der Waals surface area contributed by atoms with Crippen LogP contribution in [-0.4, -0.2) is 46.9 Å². The van der Waals surface area contributed by atoms with Gasteiger partial charge in [-0.25, -0.2) is 19.5 Å². The van der Waals surface area contributed by atoms with Gasteiger partial charge in [-0.3, -0.25) is 0 Å². The van der Waals surface area contributed by atoms with Crippen molar-refractivity contribution in [1.29, 1.82) is 0 Å². The maximum absolute atomic E-state index is 9.48. The van der Waals surface area contributed by atoms with Crippen LogP contribution in [0.25, 0.3) is 16.6 Å². The lowest BCUT2D eigenvalue weighted by Gasteiger charge is -2.25. The number of ether oxygens (including phenoxy) is 1. The molecule has 10 nitrogen and oxygen atoms in total. The second kappa shape index (κ2) is 9.96. The van der Waals surface area contributed by atoms with E-state index in [1.165, 1.54) is 12.7 Å². The van der Waals surface area contributed by atoms with Crippen LogP contribution in [-0.2, 0) is 0 Å². The summed E-state index contributed by atoms with van der Waals surface area (Å²) in [6, 6.07) is 15.3. The van der Waals surface area contributed by atoms with Gasteiger partial charge in [-0.05, 0) is 81.0 Å². The van der Waals surface area contributed by atoms with Gasteiger partial charge in [0.25, 0.3) is 0 Å². The van der Waals surface area contributed by atoms with Crippen molar-refractivity contribution in [3.05, 3.63) is 72.9 Å². The van der Waals surface area contributed by atoms with Gasteiger partial charge < -0.3 is 25.8 Å². The molecule has 0 spiro atoms. The SMILES string of the molecule is Cc1cc(Nc2ncnc3ccc(NC(=S)NC(C)(C)CO)cc23)ccc1Oc1ccn2ncnc2c1. The first-order valence-electron chi connectivity index (χ1n) is 11.6. The third-order valence-corrected chi connectivity index (χ3v) is 5.86. The lowest BCUT2D eigenvalue weighted by molar-refractivity contribution is 0.207. The van der Waals surface area contributed by atoms with E-state index in [0.717, 1.165) is 33.6 Å². The van der Waals surface area contributed by atoms with Crippen molar-refractivity contribution in [2.45, 2.75) is 26.3 Å². The van der Waals surface area contributed by atoms with E-state index < -0.39 is 5.54 Å². The molecule has 0 aliphatic heterocycles. The van der Waals surface area contributed by atoms with Crippen LogP contribution in [0.1, 0.15) is 19.4 Å². The zero-order chi connectivity index (χ0) is 26.0. The maximum atomic E-state index is 9.48. The number of anilines is 3. The molecule has 0 fully saturated rings. The van der Waals surface area contributed by atoms with Gasteiger partial charge in [0, 0.05) is 29.0 Å². The van der Waals surface area contributed by atoms with Crippen LogP contribution < -0.4 is 20.7 Å². The molecule has 0 aliphatic rings. The molecule has 2 aromatic carbocycles. The molecule has 37 heavy (non-hydrogen) atoms. The Labute approximate surface area is 218 Å².